The van der Waals surface area contributed by atoms with Gasteiger partial charge in [0.25, 0.3) is 10.1 Å². The van der Waals surface area contributed by atoms with Crippen molar-refractivity contribution in [3.8, 4) is 5.75 Å². The minimum absolute atomic E-state index is 0.0594. The molecule has 0 bridgehead atoms. The van der Waals surface area contributed by atoms with Gasteiger partial charge in [-0.3, -0.25) is 4.18 Å². The van der Waals surface area contributed by atoms with Gasteiger partial charge in [-0.05, 0) is 42.7 Å². The molecule has 15 heteroatoms. The van der Waals surface area contributed by atoms with Crippen molar-refractivity contribution in [2.45, 2.75) is 63.2 Å². The number of benzene rings is 2. The summed E-state index contributed by atoms with van der Waals surface area (Å²) in [5.41, 5.74) is 1.37. The zero-order valence-electron chi connectivity index (χ0n) is 35.0. The second-order valence-electron chi connectivity index (χ2n) is 13.1. The first-order valence-electron chi connectivity index (χ1n) is 21.1. The molecule has 0 atom stereocenters. The average Bonchev–Trinajstić information content (AvgIpc) is 3.24. The van der Waals surface area contributed by atoms with E-state index < -0.39 is 10.1 Å². The van der Waals surface area contributed by atoms with Crippen LogP contribution in [0.1, 0.15) is 57.4 Å². The van der Waals surface area contributed by atoms with E-state index in [1.54, 1.807) is 18.2 Å². The van der Waals surface area contributed by atoms with E-state index in [1.165, 1.54) is 62.6 Å². The fourth-order valence-electron chi connectivity index (χ4n) is 5.20. The van der Waals surface area contributed by atoms with Gasteiger partial charge in [0.15, 0.2) is 0 Å². The molecule has 0 aliphatic rings. The number of hydrogen-bond acceptors (Lipinski definition) is 14. The quantitative estimate of drug-likeness (QED) is 0.0574. The minimum atomic E-state index is -3.76. The van der Waals surface area contributed by atoms with Crippen LogP contribution in [0.3, 0.4) is 0 Å². The van der Waals surface area contributed by atoms with Crippen LogP contribution in [0.25, 0.3) is 0 Å². The molecule has 0 heterocycles. The van der Waals surface area contributed by atoms with E-state index in [9.17, 15) is 8.42 Å². The molecule has 0 unspecified atom stereocenters. The molecule has 2 aromatic rings. The lowest BCUT2D eigenvalue weighted by Crippen LogP contribution is -2.16. The highest BCUT2D eigenvalue weighted by Gasteiger charge is 2.13. The fraction of sp³-hybridized carbons (Fsp3) is 0.721. The monoisotopic (exact) mass is 844 g/mol. The first-order valence-corrected chi connectivity index (χ1v) is 22.5. The molecule has 0 aliphatic heterocycles. The summed E-state index contributed by atoms with van der Waals surface area (Å²) in [6.07, 6.45) is 10.5. The summed E-state index contributed by atoms with van der Waals surface area (Å²) >= 11 is 0. The predicted molar refractivity (Wildman–Crippen MR) is 221 cm³/mol. The normalized spacial score (nSPS) is 11.7. The lowest BCUT2D eigenvalue weighted by molar-refractivity contribution is -0.0269. The first kappa shape index (κ1) is 51.9. The lowest BCUT2D eigenvalue weighted by atomic mass is 10.0. The van der Waals surface area contributed by atoms with Crippen LogP contribution in [0.15, 0.2) is 59.5 Å². The highest BCUT2D eigenvalue weighted by Crippen LogP contribution is 2.15. The number of rotatable bonds is 44. The smallest absolute Gasteiger partial charge is 0.297 e. The summed E-state index contributed by atoms with van der Waals surface area (Å²) in [7, 11) is -3.76. The molecule has 58 heavy (non-hydrogen) atoms. The predicted octanol–water partition coefficient (Wildman–Crippen LogP) is 5.93. The largest absolute Gasteiger partial charge is 0.491 e. The molecule has 14 nitrogen and oxygen atoms in total. The van der Waals surface area contributed by atoms with Gasteiger partial charge in [0.1, 0.15) is 12.4 Å². The van der Waals surface area contributed by atoms with E-state index in [1.807, 2.05) is 12.1 Å². The Kier molecular flexibility index (Phi) is 34.8. The van der Waals surface area contributed by atoms with Crippen LogP contribution in [0.5, 0.6) is 5.75 Å². The third kappa shape index (κ3) is 31.6. The fourth-order valence-corrected chi connectivity index (χ4v) is 6.11. The van der Waals surface area contributed by atoms with Gasteiger partial charge in [-0.25, -0.2) is 0 Å². The number of unbranched alkanes of at least 4 members (excludes halogenated alkanes) is 6. The third-order valence-electron chi connectivity index (χ3n) is 8.33. The summed E-state index contributed by atoms with van der Waals surface area (Å²) in [4.78, 5) is 0.121. The molecule has 0 aliphatic carbocycles. The summed E-state index contributed by atoms with van der Waals surface area (Å²) in [5, 5.41) is 0. The Balaban J connectivity index is 1.18. The highest BCUT2D eigenvalue weighted by atomic mass is 32.2. The van der Waals surface area contributed by atoms with Crippen LogP contribution in [-0.2, 0) is 68.1 Å². The maximum absolute atomic E-state index is 12.0. The van der Waals surface area contributed by atoms with Crippen molar-refractivity contribution in [1.29, 1.82) is 0 Å². The molecular weight excluding hydrogens is 773 g/mol. The molecule has 0 fully saturated rings. The summed E-state index contributed by atoms with van der Waals surface area (Å²) in [6, 6.07) is 16.4. The summed E-state index contributed by atoms with van der Waals surface area (Å²) in [5.74, 6) is 0.879. The third-order valence-corrected chi connectivity index (χ3v) is 9.66. The van der Waals surface area contributed by atoms with Gasteiger partial charge in [0.2, 0.25) is 0 Å². The minimum Gasteiger partial charge on any atom is -0.491 e. The molecule has 334 valence electrons. The van der Waals surface area contributed by atoms with Crippen molar-refractivity contribution in [3.63, 3.8) is 0 Å². The van der Waals surface area contributed by atoms with Crippen LogP contribution in [0.2, 0.25) is 0 Å². The van der Waals surface area contributed by atoms with Gasteiger partial charge in [-0.15, -0.1) is 0 Å². The van der Waals surface area contributed by atoms with Gasteiger partial charge in [0.05, 0.1) is 144 Å². The zero-order chi connectivity index (χ0) is 41.3. The van der Waals surface area contributed by atoms with E-state index in [-0.39, 0.29) is 18.1 Å². The van der Waals surface area contributed by atoms with E-state index >= 15 is 0 Å². The first-order chi connectivity index (χ1) is 28.6. The van der Waals surface area contributed by atoms with E-state index in [0.717, 1.165) is 12.2 Å². The van der Waals surface area contributed by atoms with Crippen molar-refractivity contribution < 1.29 is 64.7 Å². The SMILES string of the molecule is CCCCCCCCCc1ccc(OCCOCCOCCOCCOCCOCCOCCOCCOCCOCCOCCOS(=O)(=O)c2ccccc2)cc1. The number of aryl methyl sites for hydroxylation is 1. The van der Waals surface area contributed by atoms with Gasteiger partial charge >= 0.3 is 0 Å². The summed E-state index contributed by atoms with van der Waals surface area (Å²) < 4.78 is 89.6. The van der Waals surface area contributed by atoms with Crippen LogP contribution >= 0.6 is 0 Å². The Hall–Kier alpha value is -2.25. The van der Waals surface area contributed by atoms with Crippen molar-refractivity contribution in [2.24, 2.45) is 0 Å². The summed E-state index contributed by atoms with van der Waals surface area (Å²) in [6.45, 7) is 11.8. The average molecular weight is 845 g/mol. The second-order valence-corrected chi connectivity index (χ2v) is 14.7. The van der Waals surface area contributed by atoms with Crippen molar-refractivity contribution in [3.05, 3.63) is 60.2 Å². The molecular formula is C43H72O14S. The zero-order valence-corrected chi connectivity index (χ0v) is 35.8. The topological polar surface area (TPSA) is 145 Å². The molecule has 0 radical (unpaired) electrons. The van der Waals surface area contributed by atoms with Crippen LogP contribution in [0, 0.1) is 0 Å². The van der Waals surface area contributed by atoms with Crippen molar-refractivity contribution >= 4 is 10.1 Å². The number of hydrogen-bond donors (Lipinski definition) is 0. The molecule has 0 saturated carbocycles. The molecule has 2 rings (SSSR count). The van der Waals surface area contributed by atoms with Gasteiger partial charge in [-0.1, -0.05) is 75.8 Å². The van der Waals surface area contributed by atoms with E-state index in [2.05, 4.69) is 19.1 Å². The van der Waals surface area contributed by atoms with Crippen LogP contribution < -0.4 is 4.74 Å². The van der Waals surface area contributed by atoms with Crippen LogP contribution in [0.4, 0.5) is 0 Å². The van der Waals surface area contributed by atoms with E-state index in [0.29, 0.717) is 132 Å². The Morgan fingerprint density at radius 1 is 0.379 bits per heavy atom. The Labute approximate surface area is 348 Å². The molecule has 0 aromatic heterocycles. The number of ether oxygens (including phenoxy) is 11. The van der Waals surface area contributed by atoms with Crippen molar-refractivity contribution in [2.75, 3.05) is 145 Å². The molecule has 2 aromatic carbocycles. The maximum atomic E-state index is 12.0. The second kappa shape index (κ2) is 38.9. The van der Waals surface area contributed by atoms with Gasteiger partial charge < -0.3 is 52.1 Å². The van der Waals surface area contributed by atoms with Gasteiger partial charge in [-0.2, -0.15) is 8.42 Å². The Bertz CT molecular complexity index is 1250. The molecule has 0 spiro atoms. The highest BCUT2D eigenvalue weighted by molar-refractivity contribution is 7.86. The molecule has 0 N–H and O–H groups in total. The molecule has 0 saturated heterocycles. The Morgan fingerprint density at radius 3 is 1.12 bits per heavy atom. The Morgan fingerprint density at radius 2 is 0.724 bits per heavy atom. The van der Waals surface area contributed by atoms with Crippen molar-refractivity contribution in [1.82, 2.24) is 0 Å². The van der Waals surface area contributed by atoms with Crippen LogP contribution in [-0.4, -0.2) is 154 Å². The van der Waals surface area contributed by atoms with Gasteiger partial charge in [0, 0.05) is 0 Å². The maximum Gasteiger partial charge on any atom is 0.297 e. The molecule has 0 amide bonds. The lowest BCUT2D eigenvalue weighted by Gasteiger charge is -2.09. The van der Waals surface area contributed by atoms with E-state index in [4.69, 9.17) is 56.3 Å². The standard InChI is InChI=1S/C43H72O14S/c1-2-3-4-5-6-7-9-12-41-15-17-42(18-16-41)56-39-37-54-35-33-52-31-29-50-27-25-48-23-21-46-19-20-47-22-24-49-26-28-51-30-32-53-34-36-55-38-40-57-58(44,45)43-13-10-8-11-14-43/h8,10-11,13-18H,2-7,9,12,19-40H2,1H3.